The number of aromatic nitrogens is 4. The highest BCUT2D eigenvalue weighted by molar-refractivity contribution is 7.90. The normalized spacial score (nSPS) is 14.4. The SMILES string of the molecule is CS(=O)(=O)c1ccc(Nc2ncnc(N3CCC(c4nc(-c5cccc(CF)c5)no4)CC3)c2N=O)cc1. The molecule has 38 heavy (non-hydrogen) atoms. The Kier molecular flexibility index (Phi) is 7.09. The predicted molar refractivity (Wildman–Crippen MR) is 139 cm³/mol. The first-order chi connectivity index (χ1) is 18.4. The second-order valence-electron chi connectivity index (χ2n) is 8.96. The maximum absolute atomic E-state index is 13.0. The minimum Gasteiger partial charge on any atom is -0.355 e. The summed E-state index contributed by atoms with van der Waals surface area (Å²) in [6, 6.07) is 13.1. The van der Waals surface area contributed by atoms with Crippen molar-refractivity contribution in [3.05, 3.63) is 71.2 Å². The molecule has 1 aliphatic rings. The number of anilines is 3. The monoisotopic (exact) mass is 537 g/mol. The van der Waals surface area contributed by atoms with Crippen molar-refractivity contribution < 1.29 is 17.3 Å². The summed E-state index contributed by atoms with van der Waals surface area (Å²) in [6.07, 6.45) is 3.85. The van der Waals surface area contributed by atoms with Crippen LogP contribution in [0.1, 0.15) is 30.2 Å². The van der Waals surface area contributed by atoms with Crippen molar-refractivity contribution >= 4 is 32.8 Å². The van der Waals surface area contributed by atoms with Gasteiger partial charge in [-0.3, -0.25) is 0 Å². The van der Waals surface area contributed by atoms with Crippen LogP contribution in [0.2, 0.25) is 0 Å². The fraction of sp³-hybridized carbons (Fsp3) is 0.280. The van der Waals surface area contributed by atoms with Crippen LogP contribution in [0.4, 0.5) is 27.4 Å². The van der Waals surface area contributed by atoms with E-state index in [-0.39, 0.29) is 22.3 Å². The first-order valence-corrected chi connectivity index (χ1v) is 13.7. The van der Waals surface area contributed by atoms with Gasteiger partial charge in [-0.05, 0) is 53.9 Å². The number of alkyl halides is 1. The third kappa shape index (κ3) is 5.37. The van der Waals surface area contributed by atoms with Gasteiger partial charge in [-0.15, -0.1) is 4.91 Å². The van der Waals surface area contributed by atoms with E-state index in [0.29, 0.717) is 60.3 Å². The van der Waals surface area contributed by atoms with Gasteiger partial charge >= 0.3 is 0 Å². The number of hydrogen-bond donors (Lipinski definition) is 1. The molecule has 13 heteroatoms. The standard InChI is InChI=1S/C25H24FN7O4S/c1-38(35,36)20-7-5-19(6-8-20)29-23-21(31-34)24(28-15-27-23)33-11-9-17(10-12-33)25-30-22(32-37-25)18-4-2-3-16(13-18)14-26/h2-8,13,15,17H,9-12,14H2,1H3,(H,27,28,29). The zero-order chi connectivity index (χ0) is 26.7. The Bertz CT molecular complexity index is 1550. The molecule has 1 saturated heterocycles. The average Bonchev–Trinajstić information content (AvgIpc) is 3.43. The van der Waals surface area contributed by atoms with Gasteiger partial charge in [0.2, 0.25) is 11.7 Å². The molecule has 1 aliphatic heterocycles. The van der Waals surface area contributed by atoms with Gasteiger partial charge in [-0.2, -0.15) is 4.98 Å². The third-order valence-electron chi connectivity index (χ3n) is 6.36. The van der Waals surface area contributed by atoms with E-state index in [9.17, 15) is 17.7 Å². The first-order valence-electron chi connectivity index (χ1n) is 11.8. The molecule has 0 saturated carbocycles. The van der Waals surface area contributed by atoms with Crippen LogP contribution in [-0.4, -0.2) is 47.9 Å². The quantitative estimate of drug-likeness (QED) is 0.307. The highest BCUT2D eigenvalue weighted by atomic mass is 32.2. The van der Waals surface area contributed by atoms with Crippen LogP contribution in [0.3, 0.4) is 0 Å². The number of hydrogen-bond acceptors (Lipinski definition) is 11. The molecule has 0 unspecified atom stereocenters. The van der Waals surface area contributed by atoms with Crippen LogP contribution < -0.4 is 10.2 Å². The Morgan fingerprint density at radius 3 is 2.58 bits per heavy atom. The van der Waals surface area contributed by atoms with E-state index in [2.05, 4.69) is 30.6 Å². The van der Waals surface area contributed by atoms with Crippen LogP contribution in [0, 0.1) is 4.91 Å². The summed E-state index contributed by atoms with van der Waals surface area (Å²) in [5.74, 6) is 1.58. The molecule has 0 amide bonds. The Morgan fingerprint density at radius 1 is 1.13 bits per heavy atom. The van der Waals surface area contributed by atoms with Gasteiger partial charge in [0.15, 0.2) is 27.2 Å². The zero-order valence-electron chi connectivity index (χ0n) is 20.4. The lowest BCUT2D eigenvalue weighted by Crippen LogP contribution is -2.33. The third-order valence-corrected chi connectivity index (χ3v) is 7.49. The maximum atomic E-state index is 13.0. The molecule has 0 atom stereocenters. The number of sulfone groups is 1. The van der Waals surface area contributed by atoms with Gasteiger partial charge in [0.1, 0.15) is 13.0 Å². The summed E-state index contributed by atoms with van der Waals surface area (Å²) in [5.41, 5.74) is 1.86. The fourth-order valence-electron chi connectivity index (χ4n) is 4.35. The maximum Gasteiger partial charge on any atom is 0.230 e. The fourth-order valence-corrected chi connectivity index (χ4v) is 4.98. The van der Waals surface area contributed by atoms with Gasteiger partial charge in [-0.1, -0.05) is 23.4 Å². The highest BCUT2D eigenvalue weighted by Crippen LogP contribution is 2.37. The molecular weight excluding hydrogens is 513 g/mol. The Balaban J connectivity index is 1.28. The molecule has 5 rings (SSSR count). The molecule has 196 valence electrons. The van der Waals surface area contributed by atoms with Gasteiger partial charge < -0.3 is 14.7 Å². The van der Waals surface area contributed by atoms with Crippen molar-refractivity contribution in [3.8, 4) is 11.4 Å². The van der Waals surface area contributed by atoms with Crippen molar-refractivity contribution in [3.63, 3.8) is 0 Å². The van der Waals surface area contributed by atoms with Gasteiger partial charge in [0.05, 0.1) is 4.90 Å². The van der Waals surface area contributed by atoms with Crippen molar-refractivity contribution in [1.82, 2.24) is 20.1 Å². The summed E-state index contributed by atoms with van der Waals surface area (Å²) in [7, 11) is -3.32. The molecule has 0 bridgehead atoms. The average molecular weight is 538 g/mol. The molecular formula is C25H24FN7O4S. The number of nitroso groups, excluding NO2 is 1. The molecule has 2 aromatic carbocycles. The van der Waals surface area contributed by atoms with Crippen LogP contribution in [-0.2, 0) is 16.5 Å². The summed E-state index contributed by atoms with van der Waals surface area (Å²) in [4.78, 5) is 26.9. The molecule has 1 N–H and O–H groups in total. The summed E-state index contributed by atoms with van der Waals surface area (Å²) >= 11 is 0. The van der Waals surface area contributed by atoms with Crippen LogP contribution >= 0.6 is 0 Å². The van der Waals surface area contributed by atoms with Crippen LogP contribution in [0.25, 0.3) is 11.4 Å². The number of benzene rings is 2. The smallest absolute Gasteiger partial charge is 0.230 e. The number of rotatable bonds is 8. The van der Waals surface area contributed by atoms with Gasteiger partial charge in [0, 0.05) is 36.5 Å². The highest BCUT2D eigenvalue weighted by Gasteiger charge is 2.28. The lowest BCUT2D eigenvalue weighted by Gasteiger charge is -2.31. The Hall–Kier alpha value is -4.26. The van der Waals surface area contributed by atoms with E-state index in [0.717, 1.165) is 6.26 Å². The number of halogens is 1. The molecule has 11 nitrogen and oxygen atoms in total. The van der Waals surface area contributed by atoms with Gasteiger partial charge in [0.25, 0.3) is 0 Å². The second kappa shape index (κ2) is 10.6. The molecule has 3 heterocycles. The Morgan fingerprint density at radius 2 is 1.89 bits per heavy atom. The zero-order valence-corrected chi connectivity index (χ0v) is 21.2. The molecule has 1 fully saturated rings. The summed E-state index contributed by atoms with van der Waals surface area (Å²) < 4.78 is 41.9. The van der Waals surface area contributed by atoms with Crippen molar-refractivity contribution in [2.24, 2.45) is 5.18 Å². The largest absolute Gasteiger partial charge is 0.355 e. The molecule has 0 radical (unpaired) electrons. The van der Waals surface area contributed by atoms with Crippen molar-refractivity contribution in [1.29, 1.82) is 0 Å². The lowest BCUT2D eigenvalue weighted by molar-refractivity contribution is 0.329. The summed E-state index contributed by atoms with van der Waals surface area (Å²) in [5, 5.41) is 10.3. The topological polar surface area (TPSA) is 144 Å². The number of nitrogens with zero attached hydrogens (tertiary/aromatic N) is 6. The van der Waals surface area contributed by atoms with Crippen LogP contribution in [0.15, 0.2) is 69.5 Å². The Labute approximate surface area is 218 Å². The lowest BCUT2D eigenvalue weighted by atomic mass is 9.96. The number of piperidine rings is 1. The van der Waals surface area contributed by atoms with E-state index in [4.69, 9.17) is 4.52 Å². The van der Waals surface area contributed by atoms with E-state index < -0.39 is 16.5 Å². The number of nitrogens with one attached hydrogen (secondary N) is 1. The van der Waals surface area contributed by atoms with Crippen LogP contribution in [0.5, 0.6) is 0 Å². The van der Waals surface area contributed by atoms with E-state index >= 15 is 0 Å². The summed E-state index contributed by atoms with van der Waals surface area (Å²) in [6.45, 7) is 0.577. The van der Waals surface area contributed by atoms with Crippen molar-refractivity contribution in [2.45, 2.75) is 30.3 Å². The first kappa shape index (κ1) is 25.4. The molecule has 0 spiro atoms. The van der Waals surface area contributed by atoms with Gasteiger partial charge in [-0.25, -0.2) is 22.8 Å². The van der Waals surface area contributed by atoms with E-state index in [1.54, 1.807) is 30.3 Å². The molecule has 2 aromatic heterocycles. The predicted octanol–water partition coefficient (Wildman–Crippen LogP) is 4.93. The van der Waals surface area contributed by atoms with E-state index in [1.165, 1.54) is 18.5 Å². The minimum atomic E-state index is -3.32. The van der Waals surface area contributed by atoms with E-state index in [1.807, 2.05) is 11.0 Å². The second-order valence-corrected chi connectivity index (χ2v) is 11.0. The molecule has 0 aliphatic carbocycles. The minimum absolute atomic E-state index is 0.0253. The molecule has 4 aromatic rings. The van der Waals surface area contributed by atoms with Crippen molar-refractivity contribution in [2.75, 3.05) is 29.6 Å².